The van der Waals surface area contributed by atoms with Crippen molar-refractivity contribution in [3.05, 3.63) is 24.0 Å². The first-order valence-corrected chi connectivity index (χ1v) is 7.28. The summed E-state index contributed by atoms with van der Waals surface area (Å²) >= 11 is 1.61. The number of nitrogens with zero attached hydrogens (tertiary/aromatic N) is 1. The second-order valence-corrected chi connectivity index (χ2v) is 6.33. The summed E-state index contributed by atoms with van der Waals surface area (Å²) in [5, 5.41) is 4.43. The van der Waals surface area contributed by atoms with Crippen LogP contribution >= 0.6 is 11.3 Å². The molecule has 0 bridgehead atoms. The molecule has 0 radical (unpaired) electrons. The van der Waals surface area contributed by atoms with Crippen LogP contribution in [0.5, 0.6) is 0 Å². The fourth-order valence-electron chi connectivity index (χ4n) is 2.69. The molecular weight excluding hydrogens is 247 g/mol. The summed E-state index contributed by atoms with van der Waals surface area (Å²) in [5.74, 6) is 1.23. The molecule has 1 saturated carbocycles. The Bertz CT molecular complexity index is 566. The van der Waals surface area contributed by atoms with Crippen molar-refractivity contribution in [2.24, 2.45) is 11.8 Å². The van der Waals surface area contributed by atoms with E-state index in [1.807, 2.05) is 0 Å². The van der Waals surface area contributed by atoms with Gasteiger partial charge in [0.25, 0.3) is 0 Å². The first-order valence-electron chi connectivity index (χ1n) is 6.46. The highest BCUT2D eigenvalue weighted by atomic mass is 32.1. The molecule has 3 atom stereocenters. The minimum atomic E-state index is -0.220. The van der Waals surface area contributed by atoms with Gasteiger partial charge < -0.3 is 5.32 Å². The lowest BCUT2D eigenvalue weighted by Crippen LogP contribution is -2.23. The normalized spacial score (nSPS) is 27.8. The number of benzene rings is 1. The minimum Gasteiger partial charge on any atom is -0.358 e. The van der Waals surface area contributed by atoms with Crippen LogP contribution in [0.3, 0.4) is 0 Å². The summed E-state index contributed by atoms with van der Waals surface area (Å²) in [5.41, 5.74) is 0.751. The molecule has 2 nitrogen and oxygen atoms in total. The van der Waals surface area contributed by atoms with Crippen molar-refractivity contribution in [3.8, 4) is 0 Å². The van der Waals surface area contributed by atoms with E-state index in [4.69, 9.17) is 0 Å². The second-order valence-electron chi connectivity index (χ2n) is 5.30. The lowest BCUT2D eigenvalue weighted by molar-refractivity contribution is 0.435. The highest BCUT2D eigenvalue weighted by Crippen LogP contribution is 2.35. The Morgan fingerprint density at radius 3 is 2.89 bits per heavy atom. The average Bonchev–Trinajstić information content (AvgIpc) is 2.86. The molecule has 0 spiro atoms. The molecule has 1 heterocycles. The van der Waals surface area contributed by atoms with Crippen LogP contribution in [0.4, 0.5) is 9.52 Å². The molecule has 0 saturated heterocycles. The van der Waals surface area contributed by atoms with Gasteiger partial charge in [-0.25, -0.2) is 9.37 Å². The van der Waals surface area contributed by atoms with Crippen molar-refractivity contribution in [1.82, 2.24) is 4.98 Å². The molecule has 1 aromatic carbocycles. The van der Waals surface area contributed by atoms with Gasteiger partial charge in [-0.15, -0.1) is 0 Å². The molecule has 18 heavy (non-hydrogen) atoms. The van der Waals surface area contributed by atoms with Crippen molar-refractivity contribution < 1.29 is 4.39 Å². The maximum absolute atomic E-state index is 13.1. The van der Waals surface area contributed by atoms with Crippen LogP contribution in [0.15, 0.2) is 18.2 Å². The first-order chi connectivity index (χ1) is 8.63. The van der Waals surface area contributed by atoms with Crippen molar-refractivity contribution in [2.75, 3.05) is 5.32 Å². The molecule has 1 fully saturated rings. The molecular formula is C14H17FN2S. The van der Waals surface area contributed by atoms with Crippen molar-refractivity contribution in [1.29, 1.82) is 0 Å². The zero-order valence-electron chi connectivity index (χ0n) is 10.6. The Labute approximate surface area is 110 Å². The largest absolute Gasteiger partial charge is 0.358 e. The summed E-state index contributed by atoms with van der Waals surface area (Å²) in [6.45, 7) is 4.60. The standard InChI is InChI=1S/C14H17FN2S/c1-8-3-5-11(9(8)2)16-14-17-12-7-10(15)4-6-13(12)18-14/h4,6-9,11H,3,5H2,1-2H3,(H,16,17). The Hall–Kier alpha value is -1.16. The second kappa shape index (κ2) is 4.50. The van der Waals surface area contributed by atoms with Gasteiger partial charge >= 0.3 is 0 Å². The fraction of sp³-hybridized carbons (Fsp3) is 0.500. The summed E-state index contributed by atoms with van der Waals surface area (Å²) in [7, 11) is 0. The molecule has 0 aliphatic heterocycles. The van der Waals surface area contributed by atoms with E-state index in [2.05, 4.69) is 24.1 Å². The van der Waals surface area contributed by atoms with Gasteiger partial charge in [-0.1, -0.05) is 25.2 Å². The van der Waals surface area contributed by atoms with Gasteiger partial charge in [0, 0.05) is 12.1 Å². The molecule has 1 N–H and O–H groups in total. The Balaban J connectivity index is 1.83. The van der Waals surface area contributed by atoms with Crippen LogP contribution < -0.4 is 5.32 Å². The predicted molar refractivity (Wildman–Crippen MR) is 74.6 cm³/mol. The number of anilines is 1. The third-order valence-corrected chi connectivity index (χ3v) is 5.09. The molecule has 4 heteroatoms. The van der Waals surface area contributed by atoms with E-state index in [0.717, 1.165) is 21.3 Å². The van der Waals surface area contributed by atoms with Gasteiger partial charge in [0.15, 0.2) is 5.13 Å². The van der Waals surface area contributed by atoms with Gasteiger partial charge in [-0.2, -0.15) is 0 Å². The van der Waals surface area contributed by atoms with Gasteiger partial charge in [-0.05, 0) is 36.8 Å². The predicted octanol–water partition coefficient (Wildman–Crippen LogP) is 4.28. The van der Waals surface area contributed by atoms with Gasteiger partial charge in [0.1, 0.15) is 5.82 Å². The van der Waals surface area contributed by atoms with E-state index >= 15 is 0 Å². The average molecular weight is 264 g/mol. The number of hydrogen-bond donors (Lipinski definition) is 1. The van der Waals surface area contributed by atoms with E-state index in [9.17, 15) is 4.39 Å². The molecule has 96 valence electrons. The van der Waals surface area contributed by atoms with E-state index in [1.54, 1.807) is 17.4 Å². The van der Waals surface area contributed by atoms with Gasteiger partial charge in [0.2, 0.25) is 0 Å². The summed E-state index contributed by atoms with van der Waals surface area (Å²) in [6, 6.07) is 5.29. The molecule has 1 aliphatic rings. The number of nitrogens with one attached hydrogen (secondary N) is 1. The molecule has 1 aliphatic carbocycles. The summed E-state index contributed by atoms with van der Waals surface area (Å²) < 4.78 is 14.1. The number of thiazole rings is 1. The maximum atomic E-state index is 13.1. The van der Waals surface area contributed by atoms with Crippen molar-refractivity contribution in [2.45, 2.75) is 32.7 Å². The van der Waals surface area contributed by atoms with Crippen molar-refractivity contribution >= 4 is 26.7 Å². The minimum absolute atomic E-state index is 0.220. The van der Waals surface area contributed by atoms with Crippen LogP contribution in [-0.4, -0.2) is 11.0 Å². The molecule has 3 unspecified atom stereocenters. The highest BCUT2D eigenvalue weighted by Gasteiger charge is 2.30. The quantitative estimate of drug-likeness (QED) is 0.875. The Kier molecular flexibility index (Phi) is 2.98. The summed E-state index contributed by atoms with van der Waals surface area (Å²) in [6.07, 6.45) is 2.48. The van der Waals surface area contributed by atoms with Gasteiger partial charge in [0.05, 0.1) is 10.2 Å². The van der Waals surface area contributed by atoms with Crippen LogP contribution in [-0.2, 0) is 0 Å². The zero-order valence-corrected chi connectivity index (χ0v) is 11.4. The molecule has 3 rings (SSSR count). The number of aromatic nitrogens is 1. The van der Waals surface area contributed by atoms with E-state index in [0.29, 0.717) is 12.0 Å². The Morgan fingerprint density at radius 2 is 2.17 bits per heavy atom. The molecule has 0 amide bonds. The van der Waals surface area contributed by atoms with E-state index in [1.165, 1.54) is 25.0 Å². The third kappa shape index (κ3) is 2.09. The van der Waals surface area contributed by atoms with Crippen LogP contribution in [0.1, 0.15) is 26.7 Å². The number of halogens is 1. The van der Waals surface area contributed by atoms with E-state index < -0.39 is 0 Å². The Morgan fingerprint density at radius 1 is 1.33 bits per heavy atom. The topological polar surface area (TPSA) is 24.9 Å². The lowest BCUT2D eigenvalue weighted by atomic mass is 9.98. The van der Waals surface area contributed by atoms with Gasteiger partial charge in [-0.3, -0.25) is 0 Å². The van der Waals surface area contributed by atoms with Crippen LogP contribution in [0.2, 0.25) is 0 Å². The van der Waals surface area contributed by atoms with E-state index in [-0.39, 0.29) is 5.82 Å². The van der Waals surface area contributed by atoms with Crippen LogP contribution in [0.25, 0.3) is 10.2 Å². The smallest absolute Gasteiger partial charge is 0.184 e. The van der Waals surface area contributed by atoms with Crippen LogP contribution in [0, 0.1) is 17.7 Å². The lowest BCUT2D eigenvalue weighted by Gasteiger charge is -2.18. The van der Waals surface area contributed by atoms with Crippen molar-refractivity contribution in [3.63, 3.8) is 0 Å². The number of rotatable bonds is 2. The molecule has 2 aromatic rings. The number of fused-ring (bicyclic) bond motifs is 1. The number of hydrogen-bond acceptors (Lipinski definition) is 3. The first kappa shape index (κ1) is 11.9. The zero-order chi connectivity index (χ0) is 12.7. The maximum Gasteiger partial charge on any atom is 0.184 e. The molecule has 1 aromatic heterocycles. The summed E-state index contributed by atoms with van der Waals surface area (Å²) in [4.78, 5) is 4.46. The monoisotopic (exact) mass is 264 g/mol. The highest BCUT2D eigenvalue weighted by molar-refractivity contribution is 7.22. The fourth-order valence-corrected chi connectivity index (χ4v) is 3.60. The SMILES string of the molecule is CC1CCC(Nc2nc3cc(F)ccc3s2)C1C. The third-order valence-electron chi connectivity index (χ3n) is 4.12.